The number of pyridine rings is 1. The van der Waals surface area contributed by atoms with Gasteiger partial charge in [0.1, 0.15) is 24.6 Å². The maximum Gasteiger partial charge on any atom is 0.508 e. The topological polar surface area (TPSA) is 101 Å². The van der Waals surface area contributed by atoms with Crippen molar-refractivity contribution >= 4 is 66.6 Å². The summed E-state index contributed by atoms with van der Waals surface area (Å²) in [6.45, 7) is 31.1. The molecule has 1 aliphatic carbocycles. The quantitative estimate of drug-likeness (QED) is 0.0625. The van der Waals surface area contributed by atoms with Crippen molar-refractivity contribution in [3.05, 3.63) is 60.0 Å². The van der Waals surface area contributed by atoms with E-state index >= 15 is 0 Å². The number of carbonyl (C=O) groups is 3. The molecule has 0 spiro atoms. The Hall–Kier alpha value is -2.17. The third kappa shape index (κ3) is 13.5. The van der Waals surface area contributed by atoms with Gasteiger partial charge in [0.25, 0.3) is 0 Å². The van der Waals surface area contributed by atoms with E-state index in [0.29, 0.717) is 12.8 Å². The lowest BCUT2D eigenvalue weighted by molar-refractivity contribution is -0.154. The van der Waals surface area contributed by atoms with Crippen LogP contribution in [0.1, 0.15) is 106 Å². The average Bonchev–Trinajstić information content (AvgIpc) is 3.34. The predicted octanol–water partition coefficient (Wildman–Crippen LogP) is 11.6. The lowest BCUT2D eigenvalue weighted by atomic mass is 9.73. The van der Waals surface area contributed by atoms with Gasteiger partial charge >= 0.3 is 12.1 Å². The van der Waals surface area contributed by atoms with Crippen LogP contribution in [-0.2, 0) is 28.2 Å². The summed E-state index contributed by atoms with van der Waals surface area (Å²) in [5.74, 6) is -1.88. The van der Waals surface area contributed by atoms with E-state index in [-0.39, 0.29) is 29.1 Å². The smallest absolute Gasteiger partial charge is 0.457 e. The SMILES string of the molecule is C=CC1CC(c2ccc(C)cn2)=C(C)C1OC(=O)C[C@H](O[Si](C)(C)C(C)(C)C)C(C)(C)C(=O)[C@H](C)[C@@H](OC(=O)OCC(Cl)(Cl)Cl)[C@@H](C)CCCC(=C)C. The van der Waals surface area contributed by atoms with Crippen LogP contribution in [0.4, 0.5) is 4.79 Å². The van der Waals surface area contributed by atoms with E-state index in [9.17, 15) is 14.4 Å². The lowest BCUT2D eigenvalue weighted by Gasteiger charge is -2.44. The molecular weight excluding hydrogens is 753 g/mol. The van der Waals surface area contributed by atoms with Crippen molar-refractivity contribution in [2.45, 2.75) is 142 Å². The maximum atomic E-state index is 14.7. The molecule has 1 aromatic rings. The largest absolute Gasteiger partial charge is 0.508 e. The number of carbonyl (C=O) groups excluding carboxylic acids is 3. The van der Waals surface area contributed by atoms with E-state index in [1.54, 1.807) is 20.8 Å². The Morgan fingerprint density at radius 1 is 1.08 bits per heavy atom. The Morgan fingerprint density at radius 3 is 2.21 bits per heavy atom. The fourth-order valence-corrected chi connectivity index (χ4v) is 8.04. The van der Waals surface area contributed by atoms with Crippen LogP contribution >= 0.6 is 34.8 Å². The second-order valence-corrected chi connectivity index (χ2v) is 24.2. The number of aromatic nitrogens is 1. The van der Waals surface area contributed by atoms with Crippen molar-refractivity contribution in [2.24, 2.45) is 23.2 Å². The molecule has 1 heterocycles. The molecule has 0 amide bonds. The highest BCUT2D eigenvalue weighted by molar-refractivity contribution is 6.74. The lowest BCUT2D eigenvalue weighted by Crippen LogP contribution is -2.53. The molecule has 1 aromatic heterocycles. The minimum Gasteiger partial charge on any atom is -0.457 e. The van der Waals surface area contributed by atoms with Gasteiger partial charge in [0.05, 0.1) is 24.1 Å². The van der Waals surface area contributed by atoms with Gasteiger partial charge in [-0.3, -0.25) is 14.6 Å². The molecule has 0 radical (unpaired) electrons. The Bertz CT molecular complexity index is 1490. The summed E-state index contributed by atoms with van der Waals surface area (Å²) in [5.41, 5.74) is 3.69. The Morgan fingerprint density at radius 2 is 1.70 bits per heavy atom. The number of hydrogen-bond donors (Lipinski definition) is 0. The molecule has 0 aliphatic heterocycles. The molecule has 0 bridgehead atoms. The van der Waals surface area contributed by atoms with Crippen molar-refractivity contribution < 1.29 is 33.0 Å². The van der Waals surface area contributed by atoms with E-state index in [0.717, 1.165) is 40.8 Å². The Labute approximate surface area is 334 Å². The molecule has 8 nitrogen and oxygen atoms in total. The summed E-state index contributed by atoms with van der Waals surface area (Å²) in [4.78, 5) is 46.2. The van der Waals surface area contributed by atoms with Gasteiger partial charge in [-0.05, 0) is 93.3 Å². The number of ether oxygens (including phenoxy) is 3. The number of halogens is 3. The van der Waals surface area contributed by atoms with Gasteiger partial charge in [0.15, 0.2) is 8.32 Å². The van der Waals surface area contributed by atoms with Crippen LogP contribution in [-0.4, -0.2) is 59.9 Å². The van der Waals surface area contributed by atoms with Crippen molar-refractivity contribution in [2.75, 3.05) is 6.61 Å². The molecule has 0 N–H and O–H groups in total. The highest BCUT2D eigenvalue weighted by atomic mass is 35.6. The van der Waals surface area contributed by atoms with Crippen LogP contribution < -0.4 is 0 Å². The zero-order valence-corrected chi connectivity index (χ0v) is 37.1. The zero-order chi connectivity index (χ0) is 40.7. The van der Waals surface area contributed by atoms with Gasteiger partial charge in [-0.1, -0.05) is 101 Å². The van der Waals surface area contributed by atoms with Gasteiger partial charge in [-0.2, -0.15) is 0 Å². The Kier molecular flexibility index (Phi) is 16.9. The summed E-state index contributed by atoms with van der Waals surface area (Å²) in [6.07, 6.45) is 3.08. The molecule has 53 heavy (non-hydrogen) atoms. The summed E-state index contributed by atoms with van der Waals surface area (Å²) < 4.78 is 22.2. The second kappa shape index (κ2) is 19.1. The average molecular weight is 815 g/mol. The fourth-order valence-electron chi connectivity index (χ4n) is 6.43. The maximum absolute atomic E-state index is 14.7. The summed E-state index contributed by atoms with van der Waals surface area (Å²) in [6, 6.07) is 4.00. The first-order valence-electron chi connectivity index (χ1n) is 18.4. The first-order valence-corrected chi connectivity index (χ1v) is 22.5. The van der Waals surface area contributed by atoms with Crippen LogP contribution in [0.5, 0.6) is 0 Å². The molecule has 1 aliphatic rings. The number of ketones is 1. The summed E-state index contributed by atoms with van der Waals surface area (Å²) >= 11 is 17.4. The molecule has 12 heteroatoms. The monoisotopic (exact) mass is 813 g/mol. The molecule has 2 unspecified atom stereocenters. The van der Waals surface area contributed by atoms with Crippen molar-refractivity contribution in [3.8, 4) is 0 Å². The van der Waals surface area contributed by atoms with E-state index in [4.69, 9.17) is 53.4 Å². The van der Waals surface area contributed by atoms with Gasteiger partial charge in [-0.15, -0.1) is 13.2 Å². The molecule has 298 valence electrons. The number of esters is 1. The zero-order valence-electron chi connectivity index (χ0n) is 33.9. The van der Waals surface area contributed by atoms with Crippen LogP contribution in [0, 0.1) is 30.1 Å². The number of alkyl halides is 3. The van der Waals surface area contributed by atoms with Crippen LogP contribution in [0.15, 0.2) is 48.7 Å². The number of Topliss-reactive ketones (excluding diaryl/α,β-unsaturated/α-hetero) is 1. The van der Waals surface area contributed by atoms with Crippen LogP contribution in [0.3, 0.4) is 0 Å². The third-order valence-electron chi connectivity index (χ3n) is 10.9. The minimum absolute atomic E-state index is 0.128. The molecule has 0 saturated heterocycles. The van der Waals surface area contributed by atoms with Gasteiger partial charge in [0.2, 0.25) is 3.79 Å². The molecule has 0 saturated carbocycles. The number of aryl methyl sites for hydroxylation is 1. The van der Waals surface area contributed by atoms with Crippen molar-refractivity contribution in [1.82, 2.24) is 4.98 Å². The number of nitrogens with zero attached hydrogens (tertiary/aromatic N) is 1. The van der Waals surface area contributed by atoms with Crippen LogP contribution in [0.25, 0.3) is 5.57 Å². The molecule has 0 fully saturated rings. The van der Waals surface area contributed by atoms with E-state index < -0.39 is 60.5 Å². The van der Waals surface area contributed by atoms with Gasteiger partial charge in [0, 0.05) is 17.5 Å². The first kappa shape index (κ1) is 47.0. The van der Waals surface area contributed by atoms with Gasteiger partial charge < -0.3 is 18.6 Å². The van der Waals surface area contributed by atoms with Crippen molar-refractivity contribution in [1.29, 1.82) is 0 Å². The number of rotatable bonds is 18. The predicted molar refractivity (Wildman–Crippen MR) is 219 cm³/mol. The number of allylic oxidation sites excluding steroid dienone is 2. The summed E-state index contributed by atoms with van der Waals surface area (Å²) in [5, 5.41) is -0.218. The number of hydrogen-bond acceptors (Lipinski definition) is 8. The van der Waals surface area contributed by atoms with E-state index in [2.05, 4.69) is 52.0 Å². The normalized spacial score (nSPS) is 19.2. The van der Waals surface area contributed by atoms with E-state index in [1.165, 1.54) is 0 Å². The van der Waals surface area contributed by atoms with Gasteiger partial charge in [-0.25, -0.2) is 4.79 Å². The Balaban J connectivity index is 2.46. The second-order valence-electron chi connectivity index (χ2n) is 16.9. The summed E-state index contributed by atoms with van der Waals surface area (Å²) in [7, 11) is -2.54. The van der Waals surface area contributed by atoms with Crippen molar-refractivity contribution in [3.63, 3.8) is 0 Å². The highest BCUT2D eigenvalue weighted by Crippen LogP contribution is 2.44. The highest BCUT2D eigenvalue weighted by Gasteiger charge is 2.49. The minimum atomic E-state index is -2.54. The van der Waals surface area contributed by atoms with E-state index in [1.807, 2.05) is 52.1 Å². The van der Waals surface area contributed by atoms with Crippen LogP contribution in [0.2, 0.25) is 18.1 Å². The molecular formula is C41H62Cl3NO7Si. The molecule has 2 rings (SSSR count). The fraction of sp³-hybridized carbons (Fsp3) is 0.659. The molecule has 6 atom stereocenters. The molecule has 0 aromatic carbocycles. The standard InChI is InChI=1S/C41H62Cl3NO7Si/c1-15-30-21-31(32-20-19-26(4)23-45-32)28(6)36(30)50-34(46)22-33(52-53(13,14)39(8,9)10)40(11,12)37(47)29(7)35(27(5)18-16-17-25(2)3)51-38(48)49-24-41(42,43)44/h15,19-20,23,27,29-30,33,35-36H,1-2,16-18,21-22,24H2,3-14H3/t27-,29+,30?,33-,35-,36?/m0/s1. The third-order valence-corrected chi connectivity index (χ3v) is 15.7. The first-order chi connectivity index (χ1) is 24.2.